The first-order chi connectivity index (χ1) is 6.75. The van der Waals surface area contributed by atoms with Crippen LogP contribution in [0.1, 0.15) is 19.3 Å². The molecule has 2 saturated carbocycles. The van der Waals surface area contributed by atoms with Crippen molar-refractivity contribution in [2.24, 2.45) is 23.7 Å². The highest BCUT2D eigenvalue weighted by Crippen LogP contribution is 2.56. The van der Waals surface area contributed by atoms with E-state index in [1.54, 1.807) is 0 Å². The highest BCUT2D eigenvalue weighted by molar-refractivity contribution is 5.65. The van der Waals surface area contributed by atoms with Gasteiger partial charge in [0.15, 0.2) is 0 Å². The summed E-state index contributed by atoms with van der Waals surface area (Å²) in [7, 11) is 0. The minimum Gasteiger partial charge on any atom is -0.465 e. The molecule has 5 atom stereocenters. The van der Waals surface area contributed by atoms with Gasteiger partial charge in [0, 0.05) is 6.04 Å². The van der Waals surface area contributed by atoms with Crippen LogP contribution in [0.3, 0.4) is 0 Å². The van der Waals surface area contributed by atoms with E-state index in [1.807, 2.05) is 0 Å². The van der Waals surface area contributed by atoms with E-state index >= 15 is 0 Å². The molecule has 0 saturated heterocycles. The van der Waals surface area contributed by atoms with Crippen molar-refractivity contribution in [1.82, 2.24) is 5.32 Å². The van der Waals surface area contributed by atoms with E-state index in [0.717, 1.165) is 24.2 Å². The zero-order valence-corrected chi connectivity index (χ0v) is 8.02. The molecule has 3 aliphatic carbocycles. The van der Waals surface area contributed by atoms with Crippen molar-refractivity contribution in [2.45, 2.75) is 25.3 Å². The number of carbonyl (C=O) groups is 1. The van der Waals surface area contributed by atoms with Gasteiger partial charge in [-0.05, 0) is 42.9 Å². The molecule has 5 unspecified atom stereocenters. The SMILES string of the molecule is O=C(O)NC1CC2CC1C1CC=CC21. The molecule has 0 aromatic rings. The third-order valence-corrected chi connectivity index (χ3v) is 4.31. The molecule has 2 bridgehead atoms. The Bertz CT molecular complexity index is 300. The van der Waals surface area contributed by atoms with Crippen molar-refractivity contribution in [3.05, 3.63) is 12.2 Å². The maximum atomic E-state index is 10.6. The number of amides is 1. The maximum Gasteiger partial charge on any atom is 0.404 e. The fourth-order valence-electron chi connectivity index (χ4n) is 3.88. The third-order valence-electron chi connectivity index (χ3n) is 4.31. The molecule has 76 valence electrons. The predicted molar refractivity (Wildman–Crippen MR) is 51.9 cm³/mol. The van der Waals surface area contributed by atoms with E-state index in [9.17, 15) is 4.79 Å². The summed E-state index contributed by atoms with van der Waals surface area (Å²) >= 11 is 0. The molecule has 3 aliphatic rings. The smallest absolute Gasteiger partial charge is 0.404 e. The van der Waals surface area contributed by atoms with Crippen molar-refractivity contribution < 1.29 is 9.90 Å². The summed E-state index contributed by atoms with van der Waals surface area (Å²) in [4.78, 5) is 10.6. The molecule has 0 aromatic heterocycles. The molecule has 3 heteroatoms. The normalized spacial score (nSPS) is 48.1. The number of carboxylic acid groups (broad SMARTS) is 1. The van der Waals surface area contributed by atoms with E-state index in [2.05, 4.69) is 17.5 Å². The average Bonchev–Trinajstić information content (AvgIpc) is 2.68. The first-order valence-electron chi connectivity index (χ1n) is 5.42. The van der Waals surface area contributed by atoms with Crippen LogP contribution in [0, 0.1) is 23.7 Å². The Morgan fingerprint density at radius 2 is 2.21 bits per heavy atom. The molecular formula is C11H15NO2. The second kappa shape index (κ2) is 2.75. The Kier molecular flexibility index (Phi) is 1.64. The molecule has 3 nitrogen and oxygen atoms in total. The van der Waals surface area contributed by atoms with Crippen LogP contribution in [-0.4, -0.2) is 17.2 Å². The lowest BCUT2D eigenvalue weighted by atomic mass is 9.79. The predicted octanol–water partition coefficient (Wildman–Crippen LogP) is 1.85. The minimum absolute atomic E-state index is 0.235. The van der Waals surface area contributed by atoms with E-state index in [1.165, 1.54) is 12.8 Å². The minimum atomic E-state index is -0.856. The van der Waals surface area contributed by atoms with Crippen LogP contribution in [0.4, 0.5) is 4.79 Å². The highest BCUT2D eigenvalue weighted by Gasteiger charge is 2.52. The van der Waals surface area contributed by atoms with Crippen LogP contribution in [0.5, 0.6) is 0 Å². The first kappa shape index (κ1) is 8.33. The van der Waals surface area contributed by atoms with Crippen LogP contribution >= 0.6 is 0 Å². The van der Waals surface area contributed by atoms with Crippen LogP contribution in [0.2, 0.25) is 0 Å². The second-order valence-electron chi connectivity index (χ2n) is 4.86. The van der Waals surface area contributed by atoms with E-state index < -0.39 is 6.09 Å². The van der Waals surface area contributed by atoms with Crippen molar-refractivity contribution in [2.75, 3.05) is 0 Å². The molecule has 0 aromatic carbocycles. The van der Waals surface area contributed by atoms with Crippen LogP contribution in [0.25, 0.3) is 0 Å². The van der Waals surface area contributed by atoms with Gasteiger partial charge in [-0.25, -0.2) is 4.79 Å². The summed E-state index contributed by atoms with van der Waals surface area (Å²) < 4.78 is 0. The zero-order valence-electron chi connectivity index (χ0n) is 8.02. The standard InChI is InChI=1S/C11H15NO2/c13-11(14)12-10-5-6-4-9(10)8-3-1-2-7(6)8/h1-2,6-10,12H,3-5H2,(H,13,14). The van der Waals surface area contributed by atoms with E-state index in [4.69, 9.17) is 5.11 Å². The van der Waals surface area contributed by atoms with Crippen LogP contribution < -0.4 is 5.32 Å². The molecule has 2 N–H and O–H groups in total. The van der Waals surface area contributed by atoms with Gasteiger partial charge in [0.1, 0.15) is 0 Å². The molecule has 0 radical (unpaired) electrons. The lowest BCUT2D eigenvalue weighted by Gasteiger charge is -2.31. The van der Waals surface area contributed by atoms with Crippen molar-refractivity contribution in [3.8, 4) is 0 Å². The maximum absolute atomic E-state index is 10.6. The molecule has 0 spiro atoms. The van der Waals surface area contributed by atoms with Crippen LogP contribution in [-0.2, 0) is 0 Å². The van der Waals surface area contributed by atoms with Gasteiger partial charge in [-0.15, -0.1) is 0 Å². The van der Waals surface area contributed by atoms with Crippen molar-refractivity contribution in [3.63, 3.8) is 0 Å². The Morgan fingerprint density at radius 3 is 3.00 bits per heavy atom. The Hall–Kier alpha value is -0.990. The fraction of sp³-hybridized carbons (Fsp3) is 0.727. The molecule has 1 amide bonds. The highest BCUT2D eigenvalue weighted by atomic mass is 16.4. The van der Waals surface area contributed by atoms with E-state index in [0.29, 0.717) is 5.92 Å². The van der Waals surface area contributed by atoms with Gasteiger partial charge >= 0.3 is 6.09 Å². The van der Waals surface area contributed by atoms with Gasteiger partial charge in [-0.1, -0.05) is 12.2 Å². The first-order valence-corrected chi connectivity index (χ1v) is 5.42. The monoisotopic (exact) mass is 193 g/mol. The van der Waals surface area contributed by atoms with E-state index in [-0.39, 0.29) is 6.04 Å². The van der Waals surface area contributed by atoms with Gasteiger partial charge in [0.2, 0.25) is 0 Å². The van der Waals surface area contributed by atoms with Crippen molar-refractivity contribution in [1.29, 1.82) is 0 Å². The van der Waals surface area contributed by atoms with Gasteiger partial charge in [-0.3, -0.25) is 0 Å². The fourth-order valence-corrected chi connectivity index (χ4v) is 3.88. The van der Waals surface area contributed by atoms with Gasteiger partial charge in [-0.2, -0.15) is 0 Å². The zero-order chi connectivity index (χ0) is 9.71. The molecular weight excluding hydrogens is 178 g/mol. The third kappa shape index (κ3) is 1.01. The van der Waals surface area contributed by atoms with Gasteiger partial charge in [0.25, 0.3) is 0 Å². The number of nitrogens with one attached hydrogen (secondary N) is 1. The van der Waals surface area contributed by atoms with Crippen LogP contribution in [0.15, 0.2) is 12.2 Å². The quantitative estimate of drug-likeness (QED) is 0.624. The Labute approximate surface area is 83.2 Å². The second-order valence-corrected chi connectivity index (χ2v) is 4.86. The molecule has 0 heterocycles. The summed E-state index contributed by atoms with van der Waals surface area (Å²) in [6.07, 6.45) is 7.24. The number of allylic oxidation sites excluding steroid dienone is 2. The summed E-state index contributed by atoms with van der Waals surface area (Å²) in [5.74, 6) is 2.87. The number of rotatable bonds is 1. The number of hydrogen-bond donors (Lipinski definition) is 2. The largest absolute Gasteiger partial charge is 0.465 e. The lowest BCUT2D eigenvalue weighted by Crippen LogP contribution is -2.41. The Balaban J connectivity index is 1.75. The molecule has 0 aliphatic heterocycles. The summed E-state index contributed by atoms with van der Waals surface area (Å²) in [5.41, 5.74) is 0. The van der Waals surface area contributed by atoms with Gasteiger partial charge < -0.3 is 10.4 Å². The van der Waals surface area contributed by atoms with Gasteiger partial charge in [0.05, 0.1) is 0 Å². The summed E-state index contributed by atoms with van der Waals surface area (Å²) in [6, 6.07) is 0.235. The Morgan fingerprint density at radius 1 is 1.36 bits per heavy atom. The number of hydrogen-bond acceptors (Lipinski definition) is 1. The summed E-state index contributed by atoms with van der Waals surface area (Å²) in [5, 5.41) is 11.4. The molecule has 14 heavy (non-hydrogen) atoms. The average molecular weight is 193 g/mol. The molecule has 3 rings (SSSR count). The lowest BCUT2D eigenvalue weighted by molar-refractivity contribution is 0.171. The topological polar surface area (TPSA) is 49.3 Å². The summed E-state index contributed by atoms with van der Waals surface area (Å²) in [6.45, 7) is 0. The van der Waals surface area contributed by atoms with Crippen molar-refractivity contribution >= 4 is 6.09 Å². The molecule has 2 fully saturated rings. The number of fused-ring (bicyclic) bond motifs is 5.